The zero-order valence-electron chi connectivity index (χ0n) is 15.2. The summed E-state index contributed by atoms with van der Waals surface area (Å²) in [5.74, 6) is -0.197. The fourth-order valence-electron chi connectivity index (χ4n) is 2.94. The number of carbonyl (C=O) groups excluding carboxylic acids is 1. The second-order valence-corrected chi connectivity index (χ2v) is 6.69. The zero-order valence-corrected chi connectivity index (χ0v) is 16.1. The van der Waals surface area contributed by atoms with Crippen LogP contribution in [0, 0.1) is 11.3 Å². The average molecular weight is 392 g/mol. The van der Waals surface area contributed by atoms with Crippen molar-refractivity contribution in [3.05, 3.63) is 66.4 Å². The van der Waals surface area contributed by atoms with E-state index in [0.717, 1.165) is 22.2 Å². The first-order valence-electron chi connectivity index (χ1n) is 8.99. The second-order valence-electron chi connectivity index (χ2n) is 6.28. The molecular formula is C21H21N5OS. The van der Waals surface area contributed by atoms with Crippen LogP contribution in [-0.4, -0.2) is 28.6 Å². The van der Waals surface area contributed by atoms with E-state index in [1.807, 2.05) is 66.9 Å². The first kappa shape index (κ1) is 19.4. The number of thiocarbonyl (C=S) groups is 1. The number of fused-ring (bicyclic) bond motifs is 1. The highest BCUT2D eigenvalue weighted by atomic mass is 32.1. The van der Waals surface area contributed by atoms with Gasteiger partial charge in [0.25, 0.3) is 0 Å². The zero-order chi connectivity index (χ0) is 19.8. The molecule has 0 saturated carbocycles. The molecule has 6 nitrogen and oxygen atoms in total. The normalized spacial score (nSPS) is 11.4. The minimum absolute atomic E-state index is 0.197. The standard InChI is InChI=1S/C21H21N5OS/c22-11-6-12-23-20(27)19(26-21(28)25-16-7-2-1-3-8-16)13-15-14-24-18-10-5-4-9-17(15)18/h1-5,7-10,14,19,24H,6,12-13H2,(H,23,27)(H2,25,26,28). The molecule has 0 aliphatic carbocycles. The molecule has 1 aromatic heterocycles. The molecular weight excluding hydrogens is 370 g/mol. The number of aromatic nitrogens is 1. The molecule has 0 aliphatic rings. The van der Waals surface area contributed by atoms with Crippen LogP contribution in [0.4, 0.5) is 5.69 Å². The Bertz CT molecular complexity index is 993. The van der Waals surface area contributed by atoms with Gasteiger partial charge in [-0.3, -0.25) is 4.79 Å². The quantitative estimate of drug-likeness (QED) is 0.367. The topological polar surface area (TPSA) is 92.7 Å². The summed E-state index contributed by atoms with van der Waals surface area (Å²) in [6, 6.07) is 18.9. The van der Waals surface area contributed by atoms with Gasteiger partial charge < -0.3 is 20.9 Å². The molecule has 28 heavy (non-hydrogen) atoms. The van der Waals surface area contributed by atoms with E-state index in [2.05, 4.69) is 20.9 Å². The van der Waals surface area contributed by atoms with Crippen molar-refractivity contribution >= 4 is 39.8 Å². The number of nitriles is 1. The molecule has 0 saturated heterocycles. The number of hydrogen-bond acceptors (Lipinski definition) is 3. The number of anilines is 1. The summed E-state index contributed by atoms with van der Waals surface area (Å²) in [4.78, 5) is 15.9. The van der Waals surface area contributed by atoms with Crippen LogP contribution in [0.5, 0.6) is 0 Å². The smallest absolute Gasteiger partial charge is 0.242 e. The molecule has 7 heteroatoms. The van der Waals surface area contributed by atoms with Crippen LogP contribution in [0.2, 0.25) is 0 Å². The van der Waals surface area contributed by atoms with E-state index >= 15 is 0 Å². The lowest BCUT2D eigenvalue weighted by Gasteiger charge is -2.20. The number of H-pyrrole nitrogens is 1. The van der Waals surface area contributed by atoms with Gasteiger partial charge in [0, 0.05) is 35.8 Å². The van der Waals surface area contributed by atoms with Crippen LogP contribution in [0.15, 0.2) is 60.8 Å². The Balaban J connectivity index is 1.73. The Morgan fingerprint density at radius 3 is 2.68 bits per heavy atom. The third kappa shape index (κ3) is 5.09. The largest absolute Gasteiger partial charge is 0.361 e. The lowest BCUT2D eigenvalue weighted by atomic mass is 10.0. The van der Waals surface area contributed by atoms with E-state index in [1.165, 1.54) is 0 Å². The van der Waals surface area contributed by atoms with Crippen LogP contribution in [-0.2, 0) is 11.2 Å². The maximum Gasteiger partial charge on any atom is 0.242 e. The number of amides is 1. The molecule has 0 spiro atoms. The van der Waals surface area contributed by atoms with Gasteiger partial charge in [-0.1, -0.05) is 36.4 Å². The van der Waals surface area contributed by atoms with E-state index in [1.54, 1.807) is 0 Å². The fourth-order valence-corrected chi connectivity index (χ4v) is 3.20. The Kier molecular flexibility index (Phi) is 6.60. The molecule has 0 radical (unpaired) electrons. The van der Waals surface area contributed by atoms with Crippen molar-refractivity contribution in [1.82, 2.24) is 15.6 Å². The van der Waals surface area contributed by atoms with Crippen molar-refractivity contribution in [3.63, 3.8) is 0 Å². The SMILES string of the molecule is N#CCCNC(=O)C(Cc1c[nH]c2ccccc12)NC(=S)Nc1ccccc1. The predicted octanol–water partition coefficient (Wildman–Crippen LogP) is 3.10. The maximum atomic E-state index is 12.7. The maximum absolute atomic E-state index is 12.7. The van der Waals surface area contributed by atoms with Crippen LogP contribution in [0.1, 0.15) is 12.0 Å². The first-order chi connectivity index (χ1) is 13.7. The van der Waals surface area contributed by atoms with Gasteiger partial charge in [0.05, 0.1) is 12.5 Å². The molecule has 1 amide bonds. The van der Waals surface area contributed by atoms with E-state index in [-0.39, 0.29) is 12.3 Å². The third-order valence-corrected chi connectivity index (χ3v) is 4.51. The van der Waals surface area contributed by atoms with Crippen LogP contribution >= 0.6 is 12.2 Å². The highest BCUT2D eigenvalue weighted by Gasteiger charge is 2.21. The Morgan fingerprint density at radius 1 is 1.14 bits per heavy atom. The number of carbonyl (C=O) groups is 1. The number of rotatable bonds is 7. The third-order valence-electron chi connectivity index (χ3n) is 4.29. The lowest BCUT2D eigenvalue weighted by Crippen LogP contribution is -2.49. The minimum Gasteiger partial charge on any atom is -0.361 e. The fraction of sp³-hybridized carbons (Fsp3) is 0.190. The van der Waals surface area contributed by atoms with Crippen molar-refractivity contribution in [1.29, 1.82) is 5.26 Å². The molecule has 2 aromatic carbocycles. The van der Waals surface area contributed by atoms with Crippen LogP contribution in [0.3, 0.4) is 0 Å². The number of nitrogens with zero attached hydrogens (tertiary/aromatic N) is 1. The summed E-state index contributed by atoms with van der Waals surface area (Å²) in [5, 5.41) is 19.1. The van der Waals surface area contributed by atoms with Gasteiger partial charge >= 0.3 is 0 Å². The molecule has 4 N–H and O–H groups in total. The van der Waals surface area contributed by atoms with Crippen molar-refractivity contribution in [2.24, 2.45) is 0 Å². The number of hydrogen-bond donors (Lipinski definition) is 4. The molecule has 3 aromatic rings. The molecule has 1 heterocycles. The Labute approximate surface area is 168 Å². The molecule has 0 fully saturated rings. The van der Waals surface area contributed by atoms with Crippen molar-refractivity contribution < 1.29 is 4.79 Å². The van der Waals surface area contributed by atoms with Crippen LogP contribution in [0.25, 0.3) is 10.9 Å². The van der Waals surface area contributed by atoms with Gasteiger partial charge in [0.2, 0.25) is 5.91 Å². The van der Waals surface area contributed by atoms with Gasteiger partial charge in [-0.25, -0.2) is 0 Å². The van der Waals surface area contributed by atoms with E-state index in [9.17, 15) is 4.79 Å². The predicted molar refractivity (Wildman–Crippen MR) is 115 cm³/mol. The van der Waals surface area contributed by atoms with Crippen molar-refractivity contribution in [3.8, 4) is 6.07 Å². The summed E-state index contributed by atoms with van der Waals surface area (Å²) in [6.07, 6.45) is 2.63. The molecule has 1 atom stereocenters. The van der Waals surface area contributed by atoms with Gasteiger partial charge in [-0.05, 0) is 36.0 Å². The summed E-state index contributed by atoms with van der Waals surface area (Å²) in [5.41, 5.74) is 2.88. The molecule has 3 rings (SSSR count). The van der Waals surface area contributed by atoms with Gasteiger partial charge in [0.1, 0.15) is 6.04 Å². The summed E-state index contributed by atoms with van der Waals surface area (Å²) < 4.78 is 0. The van der Waals surface area contributed by atoms with Gasteiger partial charge in [-0.2, -0.15) is 5.26 Å². The minimum atomic E-state index is -0.568. The lowest BCUT2D eigenvalue weighted by molar-refractivity contribution is -0.122. The highest BCUT2D eigenvalue weighted by molar-refractivity contribution is 7.80. The Morgan fingerprint density at radius 2 is 1.89 bits per heavy atom. The molecule has 1 unspecified atom stereocenters. The van der Waals surface area contributed by atoms with Crippen molar-refractivity contribution in [2.45, 2.75) is 18.9 Å². The number of aromatic amines is 1. The first-order valence-corrected chi connectivity index (χ1v) is 9.40. The van der Waals surface area contributed by atoms with E-state index < -0.39 is 6.04 Å². The summed E-state index contributed by atoms with van der Waals surface area (Å²) in [6.45, 7) is 0.306. The average Bonchev–Trinajstić information content (AvgIpc) is 3.11. The number of benzene rings is 2. The molecule has 142 valence electrons. The van der Waals surface area contributed by atoms with E-state index in [0.29, 0.717) is 18.1 Å². The van der Waals surface area contributed by atoms with Gasteiger partial charge in [0.15, 0.2) is 5.11 Å². The van der Waals surface area contributed by atoms with E-state index in [4.69, 9.17) is 17.5 Å². The van der Waals surface area contributed by atoms with Gasteiger partial charge in [-0.15, -0.1) is 0 Å². The second kappa shape index (κ2) is 9.53. The van der Waals surface area contributed by atoms with Crippen molar-refractivity contribution in [2.75, 3.05) is 11.9 Å². The number of nitrogens with one attached hydrogen (secondary N) is 4. The molecule has 0 bridgehead atoms. The summed E-state index contributed by atoms with van der Waals surface area (Å²) in [7, 11) is 0. The monoisotopic (exact) mass is 391 g/mol. The summed E-state index contributed by atoms with van der Waals surface area (Å²) >= 11 is 5.40. The van der Waals surface area contributed by atoms with Crippen LogP contribution < -0.4 is 16.0 Å². The molecule has 0 aliphatic heterocycles. The Hall–Kier alpha value is -3.37. The number of para-hydroxylation sites is 2. The highest BCUT2D eigenvalue weighted by Crippen LogP contribution is 2.19.